The Balaban J connectivity index is 0.00000176. The molecule has 0 saturated carbocycles. The molecule has 1 amide bonds. The molecule has 0 spiro atoms. The Morgan fingerprint density at radius 2 is 2.00 bits per heavy atom. The van der Waals surface area contributed by atoms with Crippen LogP contribution in [0, 0.1) is 0 Å². The molecule has 3 rings (SSSR count). The van der Waals surface area contributed by atoms with E-state index in [4.69, 9.17) is 10.5 Å². The Bertz CT molecular complexity index is 647. The van der Waals surface area contributed by atoms with Crippen molar-refractivity contribution in [2.24, 2.45) is 5.73 Å². The van der Waals surface area contributed by atoms with Crippen LogP contribution in [0.2, 0.25) is 0 Å². The topological polar surface area (TPSA) is 55.6 Å². The van der Waals surface area contributed by atoms with Crippen LogP contribution in [0.4, 0.5) is 0 Å². The molecule has 2 aromatic carbocycles. The number of nitrogens with two attached hydrogens (primary N) is 1. The molecule has 118 valence electrons. The summed E-state index contributed by atoms with van der Waals surface area (Å²) in [5, 5.41) is 2.28. The van der Waals surface area contributed by atoms with E-state index in [0.717, 1.165) is 30.5 Å². The quantitative estimate of drug-likeness (QED) is 0.942. The highest BCUT2D eigenvalue weighted by Crippen LogP contribution is 2.21. The molecular weight excluding hydrogens is 300 g/mol. The predicted octanol–water partition coefficient (Wildman–Crippen LogP) is 2.59. The lowest BCUT2D eigenvalue weighted by Crippen LogP contribution is -2.42. The lowest BCUT2D eigenvalue weighted by molar-refractivity contribution is -0.134. The maximum absolute atomic E-state index is 12.2. The second-order valence-electron chi connectivity index (χ2n) is 5.42. The standard InChI is InChI=1S/C17H20N2O2.ClH/c18-11-15-6-3-9-19(15)17(20)12-21-16-8-7-13-4-1-2-5-14(13)10-16;/h1-2,4-5,7-8,10,15H,3,6,9,11-12,18H2;1H. The van der Waals surface area contributed by atoms with Gasteiger partial charge < -0.3 is 15.4 Å². The fourth-order valence-electron chi connectivity index (χ4n) is 2.89. The number of benzene rings is 2. The zero-order valence-corrected chi connectivity index (χ0v) is 13.2. The van der Waals surface area contributed by atoms with Gasteiger partial charge in [0.2, 0.25) is 0 Å². The van der Waals surface area contributed by atoms with E-state index in [1.165, 1.54) is 5.39 Å². The third-order valence-electron chi connectivity index (χ3n) is 4.05. The van der Waals surface area contributed by atoms with Crippen molar-refractivity contribution in [1.29, 1.82) is 0 Å². The molecular formula is C17H21ClN2O2. The minimum Gasteiger partial charge on any atom is -0.484 e. The van der Waals surface area contributed by atoms with Crippen molar-refractivity contribution >= 4 is 29.1 Å². The monoisotopic (exact) mass is 320 g/mol. The second-order valence-corrected chi connectivity index (χ2v) is 5.42. The van der Waals surface area contributed by atoms with Gasteiger partial charge in [0, 0.05) is 19.1 Å². The normalized spacial score (nSPS) is 17.3. The summed E-state index contributed by atoms with van der Waals surface area (Å²) in [5.41, 5.74) is 5.70. The van der Waals surface area contributed by atoms with Crippen LogP contribution in [-0.4, -0.2) is 36.5 Å². The van der Waals surface area contributed by atoms with Crippen molar-refractivity contribution in [1.82, 2.24) is 4.90 Å². The second kappa shape index (κ2) is 7.47. The summed E-state index contributed by atoms with van der Waals surface area (Å²) < 4.78 is 5.65. The largest absolute Gasteiger partial charge is 0.484 e. The number of hydrogen-bond acceptors (Lipinski definition) is 3. The summed E-state index contributed by atoms with van der Waals surface area (Å²) >= 11 is 0. The van der Waals surface area contributed by atoms with E-state index in [1.54, 1.807) is 0 Å². The Hall–Kier alpha value is -1.78. The van der Waals surface area contributed by atoms with E-state index in [1.807, 2.05) is 41.3 Å². The first-order valence-electron chi connectivity index (χ1n) is 7.39. The van der Waals surface area contributed by atoms with Gasteiger partial charge in [-0.2, -0.15) is 0 Å². The van der Waals surface area contributed by atoms with Crippen molar-refractivity contribution in [3.8, 4) is 5.75 Å². The van der Waals surface area contributed by atoms with E-state index >= 15 is 0 Å². The molecule has 2 N–H and O–H groups in total. The summed E-state index contributed by atoms with van der Waals surface area (Å²) in [7, 11) is 0. The van der Waals surface area contributed by atoms with Gasteiger partial charge in [-0.1, -0.05) is 30.3 Å². The van der Waals surface area contributed by atoms with Crippen molar-refractivity contribution in [3.05, 3.63) is 42.5 Å². The summed E-state index contributed by atoms with van der Waals surface area (Å²) in [4.78, 5) is 14.0. The van der Waals surface area contributed by atoms with Crippen LogP contribution in [0.25, 0.3) is 10.8 Å². The number of nitrogens with zero attached hydrogens (tertiary/aromatic N) is 1. The van der Waals surface area contributed by atoms with Gasteiger partial charge in [-0.25, -0.2) is 0 Å². The number of fused-ring (bicyclic) bond motifs is 1. The molecule has 1 heterocycles. The van der Waals surface area contributed by atoms with Crippen LogP contribution in [0.5, 0.6) is 5.75 Å². The zero-order chi connectivity index (χ0) is 14.7. The molecule has 1 fully saturated rings. The third kappa shape index (κ3) is 3.51. The lowest BCUT2D eigenvalue weighted by atomic mass is 10.1. The van der Waals surface area contributed by atoms with Crippen molar-refractivity contribution in [2.75, 3.05) is 19.7 Å². The SMILES string of the molecule is Cl.NCC1CCCN1C(=O)COc1ccc2ccccc2c1. The fraction of sp³-hybridized carbons (Fsp3) is 0.353. The summed E-state index contributed by atoms with van der Waals surface area (Å²) in [6.07, 6.45) is 2.03. The molecule has 1 unspecified atom stereocenters. The summed E-state index contributed by atoms with van der Waals surface area (Å²) in [5.74, 6) is 0.752. The van der Waals surface area contributed by atoms with Crippen molar-refractivity contribution < 1.29 is 9.53 Å². The minimum atomic E-state index is 0. The first-order chi connectivity index (χ1) is 10.3. The third-order valence-corrected chi connectivity index (χ3v) is 4.05. The smallest absolute Gasteiger partial charge is 0.260 e. The molecule has 1 saturated heterocycles. The van der Waals surface area contributed by atoms with E-state index in [0.29, 0.717) is 6.54 Å². The molecule has 5 heteroatoms. The van der Waals surface area contributed by atoms with Gasteiger partial charge in [-0.15, -0.1) is 12.4 Å². The number of carbonyl (C=O) groups excluding carboxylic acids is 1. The van der Waals surface area contributed by atoms with Gasteiger partial charge in [0.05, 0.1) is 0 Å². The number of halogens is 1. The molecule has 1 atom stereocenters. The van der Waals surface area contributed by atoms with Crippen LogP contribution in [-0.2, 0) is 4.79 Å². The minimum absolute atomic E-state index is 0. The number of carbonyl (C=O) groups is 1. The summed E-state index contributed by atoms with van der Waals surface area (Å²) in [6.45, 7) is 1.40. The van der Waals surface area contributed by atoms with E-state index in [-0.39, 0.29) is 31.0 Å². The van der Waals surface area contributed by atoms with Crippen molar-refractivity contribution in [3.63, 3.8) is 0 Å². The molecule has 4 nitrogen and oxygen atoms in total. The Labute approximate surface area is 136 Å². The number of hydrogen-bond donors (Lipinski definition) is 1. The average Bonchev–Trinajstić information content (AvgIpc) is 3.01. The maximum Gasteiger partial charge on any atom is 0.260 e. The van der Waals surface area contributed by atoms with Crippen LogP contribution >= 0.6 is 12.4 Å². The molecule has 1 aliphatic heterocycles. The van der Waals surface area contributed by atoms with Gasteiger partial charge in [0.25, 0.3) is 5.91 Å². The maximum atomic E-state index is 12.2. The van der Waals surface area contributed by atoms with E-state index in [2.05, 4.69) is 6.07 Å². The molecule has 0 radical (unpaired) electrons. The number of ether oxygens (including phenoxy) is 1. The van der Waals surface area contributed by atoms with Crippen LogP contribution in [0.3, 0.4) is 0 Å². The lowest BCUT2D eigenvalue weighted by Gasteiger charge is -2.23. The number of amides is 1. The Morgan fingerprint density at radius 1 is 1.23 bits per heavy atom. The first-order valence-corrected chi connectivity index (χ1v) is 7.39. The van der Waals surface area contributed by atoms with Crippen LogP contribution in [0.1, 0.15) is 12.8 Å². The van der Waals surface area contributed by atoms with Gasteiger partial charge in [0.15, 0.2) is 6.61 Å². The molecule has 22 heavy (non-hydrogen) atoms. The van der Waals surface area contributed by atoms with Gasteiger partial charge in [-0.3, -0.25) is 4.79 Å². The number of rotatable bonds is 4. The van der Waals surface area contributed by atoms with Crippen molar-refractivity contribution in [2.45, 2.75) is 18.9 Å². The zero-order valence-electron chi connectivity index (χ0n) is 12.4. The highest BCUT2D eigenvalue weighted by Gasteiger charge is 2.27. The van der Waals surface area contributed by atoms with Gasteiger partial charge in [-0.05, 0) is 35.7 Å². The van der Waals surface area contributed by atoms with Crippen LogP contribution < -0.4 is 10.5 Å². The van der Waals surface area contributed by atoms with Gasteiger partial charge in [0.1, 0.15) is 5.75 Å². The summed E-state index contributed by atoms with van der Waals surface area (Å²) in [6, 6.07) is 14.1. The highest BCUT2D eigenvalue weighted by atomic mass is 35.5. The Morgan fingerprint density at radius 3 is 2.77 bits per heavy atom. The first kappa shape index (κ1) is 16.6. The molecule has 0 aliphatic carbocycles. The predicted molar refractivity (Wildman–Crippen MR) is 90.5 cm³/mol. The molecule has 1 aliphatic rings. The van der Waals surface area contributed by atoms with Crippen LogP contribution in [0.15, 0.2) is 42.5 Å². The highest BCUT2D eigenvalue weighted by molar-refractivity contribution is 5.85. The molecule has 2 aromatic rings. The number of likely N-dealkylation sites (tertiary alicyclic amines) is 1. The molecule has 0 bridgehead atoms. The molecule has 0 aromatic heterocycles. The fourth-order valence-corrected chi connectivity index (χ4v) is 2.89. The Kier molecular flexibility index (Phi) is 5.63. The van der Waals surface area contributed by atoms with E-state index in [9.17, 15) is 4.79 Å². The van der Waals surface area contributed by atoms with Gasteiger partial charge >= 0.3 is 0 Å². The van der Waals surface area contributed by atoms with E-state index < -0.39 is 0 Å². The average molecular weight is 321 g/mol.